The quantitative estimate of drug-likeness (QED) is 0.265. The number of ether oxygens (including phenoxy) is 3. The predicted octanol–water partition coefficient (Wildman–Crippen LogP) is 5.43. The van der Waals surface area contributed by atoms with Crippen molar-refractivity contribution in [2.45, 2.75) is 55.8 Å². The van der Waals surface area contributed by atoms with E-state index in [1.165, 1.54) is 0 Å². The zero-order valence-corrected chi connectivity index (χ0v) is 22.3. The Hall–Kier alpha value is -3.39. The number of halogens is 1. The van der Waals surface area contributed by atoms with Crippen LogP contribution in [0.25, 0.3) is 0 Å². The average Bonchev–Trinajstić information content (AvgIpc) is 3.00. The summed E-state index contributed by atoms with van der Waals surface area (Å²) < 4.78 is 35.2. The fraction of sp³-hybridized carbons (Fsp3) is 0.294. The van der Waals surface area contributed by atoms with Gasteiger partial charge >= 0.3 is 0 Å². The van der Waals surface area contributed by atoms with Gasteiger partial charge in [-0.1, -0.05) is 121 Å². The van der Waals surface area contributed by atoms with E-state index in [9.17, 15) is 10.2 Å². The second-order valence-electron chi connectivity index (χ2n) is 10.3. The molecule has 5 rings (SSSR count). The molecular formula is C34H35FO5. The molecular weight excluding hydrogens is 507 g/mol. The number of benzene rings is 4. The monoisotopic (exact) mass is 542 g/mol. The first kappa shape index (κ1) is 28.1. The molecule has 0 bridgehead atoms. The second kappa shape index (κ2) is 12.9. The molecule has 1 unspecified atom stereocenters. The van der Waals surface area contributed by atoms with E-state index in [-0.39, 0.29) is 26.1 Å². The maximum atomic E-state index is 16.3. The van der Waals surface area contributed by atoms with Crippen LogP contribution in [-0.4, -0.2) is 46.6 Å². The van der Waals surface area contributed by atoms with E-state index in [0.717, 1.165) is 22.3 Å². The molecule has 0 amide bonds. The van der Waals surface area contributed by atoms with Crippen molar-refractivity contribution in [3.63, 3.8) is 0 Å². The molecule has 0 saturated carbocycles. The van der Waals surface area contributed by atoms with Gasteiger partial charge in [0.1, 0.15) is 17.8 Å². The third-order valence-corrected chi connectivity index (χ3v) is 7.62. The lowest BCUT2D eigenvalue weighted by Crippen LogP contribution is -2.76. The van der Waals surface area contributed by atoms with Gasteiger partial charge in [0.2, 0.25) is 6.36 Å². The van der Waals surface area contributed by atoms with E-state index in [1.807, 2.05) is 121 Å². The standard InChI is InChI=1S/C34H35FO5/c35-32-33(37,21-26-13-5-1-6-14-26)34(22-27-15-7-2-8-16-27,39-25-29-19-11-4-12-20-29)31(30(23-36)40-32)38-24-28-17-9-3-10-18-28/h1-20,30-32,36-37H,21-25H2/t30-,31+,32?,33+,34+/m1/s1. The minimum absolute atomic E-state index is 0.0834. The number of hydrogen-bond donors (Lipinski definition) is 2. The summed E-state index contributed by atoms with van der Waals surface area (Å²) in [5, 5.41) is 22.9. The van der Waals surface area contributed by atoms with Crippen LogP contribution in [0.5, 0.6) is 0 Å². The Morgan fingerprint density at radius 1 is 0.650 bits per heavy atom. The molecule has 0 aromatic heterocycles. The summed E-state index contributed by atoms with van der Waals surface area (Å²) in [7, 11) is 0. The van der Waals surface area contributed by atoms with Gasteiger partial charge in [-0.05, 0) is 22.3 Å². The van der Waals surface area contributed by atoms with Crippen LogP contribution in [0.15, 0.2) is 121 Å². The Kier molecular flexibility index (Phi) is 9.04. The zero-order valence-electron chi connectivity index (χ0n) is 22.3. The molecule has 0 aliphatic carbocycles. The number of rotatable bonds is 11. The highest BCUT2D eigenvalue weighted by Crippen LogP contribution is 2.47. The maximum Gasteiger partial charge on any atom is 0.231 e. The van der Waals surface area contributed by atoms with Gasteiger partial charge in [0.25, 0.3) is 0 Å². The van der Waals surface area contributed by atoms with Crippen molar-refractivity contribution in [1.82, 2.24) is 0 Å². The van der Waals surface area contributed by atoms with Crippen LogP contribution in [0.2, 0.25) is 0 Å². The van der Waals surface area contributed by atoms with Crippen molar-refractivity contribution in [3.8, 4) is 0 Å². The van der Waals surface area contributed by atoms with Crippen LogP contribution < -0.4 is 0 Å². The average molecular weight is 543 g/mol. The highest BCUT2D eigenvalue weighted by molar-refractivity contribution is 5.28. The summed E-state index contributed by atoms with van der Waals surface area (Å²) in [6.45, 7) is -0.248. The van der Waals surface area contributed by atoms with Gasteiger partial charge in [0, 0.05) is 12.8 Å². The van der Waals surface area contributed by atoms with Crippen molar-refractivity contribution in [2.75, 3.05) is 6.61 Å². The molecule has 1 fully saturated rings. The molecule has 1 saturated heterocycles. The van der Waals surface area contributed by atoms with Gasteiger partial charge in [-0.3, -0.25) is 0 Å². The van der Waals surface area contributed by atoms with Crippen LogP contribution in [0.1, 0.15) is 22.3 Å². The summed E-state index contributed by atoms with van der Waals surface area (Å²) >= 11 is 0. The Labute approximate surface area is 234 Å². The molecule has 40 heavy (non-hydrogen) atoms. The fourth-order valence-electron chi connectivity index (χ4n) is 5.55. The molecule has 5 nitrogen and oxygen atoms in total. The molecule has 5 atom stereocenters. The lowest BCUT2D eigenvalue weighted by atomic mass is 9.68. The largest absolute Gasteiger partial charge is 0.394 e. The zero-order chi connectivity index (χ0) is 27.8. The highest BCUT2D eigenvalue weighted by atomic mass is 19.1. The minimum Gasteiger partial charge on any atom is -0.394 e. The van der Waals surface area contributed by atoms with E-state index in [4.69, 9.17) is 14.2 Å². The molecule has 2 N–H and O–H groups in total. The lowest BCUT2D eigenvalue weighted by Gasteiger charge is -2.57. The van der Waals surface area contributed by atoms with Crippen LogP contribution in [-0.2, 0) is 40.3 Å². The van der Waals surface area contributed by atoms with Gasteiger partial charge in [0.15, 0.2) is 5.60 Å². The van der Waals surface area contributed by atoms with Crippen LogP contribution in [0.4, 0.5) is 4.39 Å². The molecule has 4 aromatic rings. The third kappa shape index (κ3) is 6.02. The van der Waals surface area contributed by atoms with Gasteiger partial charge in [-0.25, -0.2) is 4.39 Å². The van der Waals surface area contributed by atoms with E-state index >= 15 is 4.39 Å². The summed E-state index contributed by atoms with van der Waals surface area (Å²) in [5.74, 6) is 0. The van der Waals surface area contributed by atoms with Crippen LogP contribution in [0.3, 0.4) is 0 Å². The number of aliphatic hydroxyl groups is 2. The Balaban J connectivity index is 1.64. The van der Waals surface area contributed by atoms with Crippen molar-refractivity contribution in [3.05, 3.63) is 144 Å². The summed E-state index contributed by atoms with van der Waals surface area (Å²) in [6, 6.07) is 37.9. The Bertz CT molecular complexity index is 1310. The molecule has 1 heterocycles. The maximum absolute atomic E-state index is 16.3. The number of aliphatic hydroxyl groups excluding tert-OH is 1. The molecule has 1 aliphatic heterocycles. The van der Waals surface area contributed by atoms with E-state index in [2.05, 4.69) is 0 Å². The van der Waals surface area contributed by atoms with Gasteiger partial charge in [-0.15, -0.1) is 0 Å². The Morgan fingerprint density at radius 2 is 1.10 bits per heavy atom. The normalized spacial score (nSPS) is 26.4. The van der Waals surface area contributed by atoms with Gasteiger partial charge in [-0.2, -0.15) is 0 Å². The third-order valence-electron chi connectivity index (χ3n) is 7.62. The predicted molar refractivity (Wildman–Crippen MR) is 151 cm³/mol. The summed E-state index contributed by atoms with van der Waals surface area (Å²) in [4.78, 5) is 0. The molecule has 0 spiro atoms. The first-order valence-corrected chi connectivity index (χ1v) is 13.6. The number of hydrogen-bond acceptors (Lipinski definition) is 5. The van der Waals surface area contributed by atoms with Gasteiger partial charge < -0.3 is 24.4 Å². The molecule has 6 heteroatoms. The SMILES string of the molecule is OC[C@H]1OC(F)[C@@](O)(Cc2ccccc2)[C@@](Cc2ccccc2)(OCc2ccccc2)[C@H]1OCc1ccccc1. The molecule has 208 valence electrons. The summed E-state index contributed by atoms with van der Waals surface area (Å²) in [6.07, 6.45) is -4.19. The van der Waals surface area contributed by atoms with Crippen molar-refractivity contribution >= 4 is 0 Å². The van der Waals surface area contributed by atoms with E-state index in [1.54, 1.807) is 0 Å². The van der Waals surface area contributed by atoms with Crippen LogP contribution in [0, 0.1) is 0 Å². The number of alkyl halides is 1. The lowest BCUT2D eigenvalue weighted by molar-refractivity contribution is -0.366. The van der Waals surface area contributed by atoms with Gasteiger partial charge in [0.05, 0.1) is 19.8 Å². The van der Waals surface area contributed by atoms with E-state index < -0.39 is 36.4 Å². The smallest absolute Gasteiger partial charge is 0.231 e. The minimum atomic E-state index is -2.16. The second-order valence-corrected chi connectivity index (χ2v) is 10.3. The van der Waals surface area contributed by atoms with Crippen molar-refractivity contribution in [2.24, 2.45) is 0 Å². The molecule has 0 radical (unpaired) electrons. The van der Waals surface area contributed by atoms with E-state index in [0.29, 0.717) is 0 Å². The molecule has 1 aliphatic rings. The fourth-order valence-corrected chi connectivity index (χ4v) is 5.55. The summed E-state index contributed by atoms with van der Waals surface area (Å²) in [5.41, 5.74) is -0.486. The Morgan fingerprint density at radius 3 is 1.60 bits per heavy atom. The molecule has 4 aromatic carbocycles. The van der Waals surface area contributed by atoms with Crippen molar-refractivity contribution in [1.29, 1.82) is 0 Å². The topological polar surface area (TPSA) is 68.2 Å². The van der Waals surface area contributed by atoms with Crippen molar-refractivity contribution < 1.29 is 28.8 Å². The van der Waals surface area contributed by atoms with Crippen LogP contribution >= 0.6 is 0 Å². The first-order valence-electron chi connectivity index (χ1n) is 13.6. The highest BCUT2D eigenvalue weighted by Gasteiger charge is 2.67. The first-order chi connectivity index (χ1) is 19.5.